The van der Waals surface area contributed by atoms with Crippen LogP contribution in [-0.4, -0.2) is 57.3 Å². The van der Waals surface area contributed by atoms with Crippen LogP contribution in [0.2, 0.25) is 0 Å². The molecule has 1 atom stereocenters. The maximum absolute atomic E-state index is 12.4. The normalized spacial score (nSPS) is 17.2. The van der Waals surface area contributed by atoms with Crippen molar-refractivity contribution < 1.29 is 44.6 Å². The quantitative estimate of drug-likeness (QED) is 0.515. The van der Waals surface area contributed by atoms with Gasteiger partial charge in [0.2, 0.25) is 0 Å². The van der Waals surface area contributed by atoms with Crippen LogP contribution in [0.1, 0.15) is 0 Å². The molecule has 0 radical (unpaired) electrons. The van der Waals surface area contributed by atoms with Crippen molar-refractivity contribution in [3.63, 3.8) is 0 Å². The van der Waals surface area contributed by atoms with Gasteiger partial charge < -0.3 is 9.64 Å². The molecule has 2 heterocycles. The van der Waals surface area contributed by atoms with Crippen molar-refractivity contribution in [2.75, 3.05) is 17.4 Å². The van der Waals surface area contributed by atoms with Gasteiger partial charge in [-0.25, -0.2) is 9.00 Å². The second kappa shape index (κ2) is 7.52. The number of hydrogen-bond donors (Lipinski definition) is 1. The van der Waals surface area contributed by atoms with Gasteiger partial charge in [-0.2, -0.15) is 26.3 Å². The highest BCUT2D eigenvalue weighted by Crippen LogP contribution is 2.37. The molecule has 0 aliphatic carbocycles. The van der Waals surface area contributed by atoms with Crippen molar-refractivity contribution in [1.82, 2.24) is 4.90 Å². The van der Waals surface area contributed by atoms with Gasteiger partial charge in [0.05, 0.1) is 9.83 Å². The summed E-state index contributed by atoms with van der Waals surface area (Å²) in [6, 6.07) is 2.31. The Balaban J connectivity index is 2.01. The molecule has 1 aliphatic heterocycles. The van der Waals surface area contributed by atoms with Gasteiger partial charge in [-0.15, -0.1) is 11.3 Å². The minimum atomic E-state index is -5.81. The molecule has 1 fully saturated rings. The Hall–Kier alpha value is -1.06. The molecule has 6 nitrogen and oxygen atoms in total. The number of halogens is 7. The number of hydrogen-bond acceptors (Lipinski definition) is 4. The van der Waals surface area contributed by atoms with E-state index in [4.69, 9.17) is 0 Å². The van der Waals surface area contributed by atoms with E-state index in [9.17, 15) is 39.9 Å². The van der Waals surface area contributed by atoms with Gasteiger partial charge in [0.15, 0.2) is 0 Å². The molecule has 26 heavy (non-hydrogen) atoms. The fraction of sp³-hybridized carbons (Fsp3) is 0.545. The Morgan fingerprint density at radius 2 is 1.85 bits per heavy atom. The van der Waals surface area contributed by atoms with E-state index in [1.807, 2.05) is 0 Å². The zero-order valence-electron chi connectivity index (χ0n) is 12.3. The third-order valence-electron chi connectivity index (χ3n) is 3.21. The highest BCUT2D eigenvalue weighted by Gasteiger charge is 2.60. The molecular formula is C11H9BrF6N2O4S2. The minimum absolute atomic E-state index is 0.333. The Morgan fingerprint density at radius 3 is 2.23 bits per heavy atom. The molecule has 1 aromatic heterocycles. The van der Waals surface area contributed by atoms with Crippen LogP contribution in [0.3, 0.4) is 0 Å². The van der Waals surface area contributed by atoms with E-state index in [1.54, 1.807) is 6.07 Å². The summed E-state index contributed by atoms with van der Waals surface area (Å²) in [4.78, 5) is 12.1. The summed E-state index contributed by atoms with van der Waals surface area (Å²) >= 11 is 1.74. The zero-order valence-corrected chi connectivity index (χ0v) is 15.5. The van der Waals surface area contributed by atoms with Gasteiger partial charge in [-0.3, -0.25) is 8.86 Å². The third kappa shape index (κ3) is 4.80. The summed E-state index contributed by atoms with van der Waals surface area (Å²) in [5, 5.41) is 0.333. The average Bonchev–Trinajstić information content (AvgIpc) is 2.82. The molecule has 148 valence electrons. The first kappa shape index (κ1) is 21.2. The second-order valence-corrected chi connectivity index (χ2v) is 8.34. The first-order valence-corrected chi connectivity index (χ1v) is 9.22. The Bertz CT molecular complexity index is 677. The molecule has 0 bridgehead atoms. The minimum Gasteiger partial charge on any atom is -0.426 e. The van der Waals surface area contributed by atoms with Crippen LogP contribution in [0.4, 0.5) is 36.1 Å². The summed E-state index contributed by atoms with van der Waals surface area (Å²) in [5.74, 6) is 0. The first-order chi connectivity index (χ1) is 11.8. The lowest BCUT2D eigenvalue weighted by molar-refractivity contribution is -0.308. The molecule has 1 aromatic rings. The molecule has 0 aromatic carbocycles. The predicted molar refractivity (Wildman–Crippen MR) is 83.0 cm³/mol. The van der Waals surface area contributed by atoms with Crippen molar-refractivity contribution >= 4 is 49.6 Å². The summed E-state index contributed by atoms with van der Waals surface area (Å²) < 4.78 is 100. The molecule has 15 heteroatoms. The monoisotopic (exact) mass is 490 g/mol. The summed E-state index contributed by atoms with van der Waals surface area (Å²) in [7, 11) is 0. The second-order valence-electron chi connectivity index (χ2n) is 5.04. The van der Waals surface area contributed by atoms with E-state index in [1.165, 1.54) is 6.07 Å². The van der Waals surface area contributed by atoms with Crippen LogP contribution < -0.4 is 4.31 Å². The molecule has 0 saturated carbocycles. The number of amides is 1. The topological polar surface area (TPSA) is 70.1 Å². The number of likely N-dealkylation sites (tertiary alicyclic amines) is 1. The van der Waals surface area contributed by atoms with Crippen molar-refractivity contribution in [2.45, 2.75) is 24.5 Å². The fourth-order valence-corrected chi connectivity index (χ4v) is 4.30. The maximum Gasteiger partial charge on any atom is 0.434 e. The summed E-state index contributed by atoms with van der Waals surface area (Å²) in [6.45, 7) is -0.744. The highest BCUT2D eigenvalue weighted by molar-refractivity contribution is 9.11. The number of carbonyl (C=O) groups is 1. The van der Waals surface area contributed by atoms with Gasteiger partial charge >= 0.3 is 18.4 Å². The lowest BCUT2D eigenvalue weighted by atomic mass is 10.1. The predicted octanol–water partition coefficient (Wildman–Crippen LogP) is 3.77. The lowest BCUT2D eigenvalue weighted by Crippen LogP contribution is -2.62. The van der Waals surface area contributed by atoms with Gasteiger partial charge in [0, 0.05) is 13.1 Å². The number of ether oxygens (including phenoxy) is 1. The van der Waals surface area contributed by atoms with E-state index in [0.717, 1.165) is 15.6 Å². The van der Waals surface area contributed by atoms with E-state index in [2.05, 4.69) is 20.7 Å². The molecule has 0 spiro atoms. The number of nitrogens with zero attached hydrogens (tertiary/aromatic N) is 2. The van der Waals surface area contributed by atoms with E-state index < -0.39 is 41.9 Å². The molecule has 1 aliphatic rings. The number of thiophene rings is 1. The van der Waals surface area contributed by atoms with Crippen LogP contribution in [0.5, 0.6) is 0 Å². The SMILES string of the molecule is O=C(OC(C(F)(F)F)C(F)(F)F)N1CC(N(c2ccc(Br)s2)S(=O)O)C1. The van der Waals surface area contributed by atoms with E-state index in [-0.39, 0.29) is 13.1 Å². The van der Waals surface area contributed by atoms with Crippen molar-refractivity contribution in [1.29, 1.82) is 0 Å². The highest BCUT2D eigenvalue weighted by atomic mass is 79.9. The number of alkyl halides is 6. The van der Waals surface area contributed by atoms with Crippen LogP contribution in [0.15, 0.2) is 15.9 Å². The molecule has 1 unspecified atom stereocenters. The standard InChI is InChI=1S/C11H9BrF6N2O4S2/c12-6-1-2-7(25-6)20(26(22)23)5-3-19(4-5)9(21)24-8(10(13,14)15)11(16,17)18/h1-2,5,8H,3-4H2,(H,22,23). The van der Waals surface area contributed by atoms with Crippen molar-refractivity contribution in [3.05, 3.63) is 15.9 Å². The summed E-state index contributed by atoms with van der Waals surface area (Å²) in [5.41, 5.74) is 0. The van der Waals surface area contributed by atoms with E-state index >= 15 is 0 Å². The van der Waals surface area contributed by atoms with Crippen LogP contribution in [0.25, 0.3) is 0 Å². The average molecular weight is 491 g/mol. The van der Waals surface area contributed by atoms with E-state index in [0.29, 0.717) is 13.7 Å². The van der Waals surface area contributed by atoms with Gasteiger partial charge in [-0.1, -0.05) is 0 Å². The Kier molecular flexibility index (Phi) is 6.14. The molecule has 1 N–H and O–H groups in total. The Labute approximate surface area is 157 Å². The van der Waals surface area contributed by atoms with Crippen LogP contribution in [0, 0.1) is 0 Å². The largest absolute Gasteiger partial charge is 0.434 e. The third-order valence-corrected chi connectivity index (χ3v) is 5.78. The molecule has 1 saturated heterocycles. The molecule has 1 amide bonds. The lowest BCUT2D eigenvalue weighted by Gasteiger charge is -2.43. The van der Waals surface area contributed by atoms with Gasteiger partial charge in [-0.05, 0) is 28.1 Å². The molecular weight excluding hydrogens is 482 g/mol. The van der Waals surface area contributed by atoms with Crippen molar-refractivity contribution in [2.24, 2.45) is 0 Å². The van der Waals surface area contributed by atoms with Crippen LogP contribution >= 0.6 is 27.3 Å². The number of rotatable bonds is 4. The van der Waals surface area contributed by atoms with Gasteiger partial charge in [0.25, 0.3) is 17.4 Å². The number of carbonyl (C=O) groups excluding carboxylic acids is 1. The Morgan fingerprint density at radius 1 is 1.31 bits per heavy atom. The zero-order chi connectivity index (χ0) is 19.9. The number of anilines is 1. The maximum atomic E-state index is 12.4. The molecule has 2 rings (SSSR count). The van der Waals surface area contributed by atoms with Crippen molar-refractivity contribution in [3.8, 4) is 0 Å². The summed E-state index contributed by atoms with van der Waals surface area (Å²) in [6.07, 6.45) is -17.7. The van der Waals surface area contributed by atoms with Crippen LogP contribution in [-0.2, 0) is 16.0 Å². The van der Waals surface area contributed by atoms with Gasteiger partial charge in [0.1, 0.15) is 5.00 Å². The fourth-order valence-electron chi connectivity index (χ4n) is 2.05. The smallest absolute Gasteiger partial charge is 0.426 e. The first-order valence-electron chi connectivity index (χ1n) is 6.55.